The summed E-state index contributed by atoms with van der Waals surface area (Å²) >= 11 is 1.58. The summed E-state index contributed by atoms with van der Waals surface area (Å²) in [6.07, 6.45) is 1.78. The van der Waals surface area contributed by atoms with Crippen molar-refractivity contribution in [2.24, 2.45) is 11.7 Å². The van der Waals surface area contributed by atoms with E-state index in [2.05, 4.69) is 10.3 Å². The first-order valence-corrected chi connectivity index (χ1v) is 5.77. The molecular weight excluding hydrogens is 210 g/mol. The quantitative estimate of drug-likeness (QED) is 0.808. The highest BCUT2D eigenvalue weighted by atomic mass is 32.1. The number of aryl methyl sites for hydroxylation is 1. The maximum atomic E-state index is 11.5. The normalized spacial score (nSPS) is 12.9. The molecule has 0 bridgehead atoms. The van der Waals surface area contributed by atoms with Gasteiger partial charge in [0.25, 0.3) is 0 Å². The van der Waals surface area contributed by atoms with Crippen LogP contribution in [0, 0.1) is 12.8 Å². The SMILES string of the molecule is Cc1ncc(CNC(=O)[C@H](N)C(C)C)s1. The first-order valence-electron chi connectivity index (χ1n) is 4.95. The van der Waals surface area contributed by atoms with Crippen molar-refractivity contribution in [3.8, 4) is 0 Å². The molecule has 1 heterocycles. The molecule has 0 aromatic carbocycles. The molecule has 0 radical (unpaired) electrons. The molecule has 4 nitrogen and oxygen atoms in total. The minimum absolute atomic E-state index is 0.101. The van der Waals surface area contributed by atoms with Gasteiger partial charge in [-0.2, -0.15) is 0 Å². The molecule has 0 spiro atoms. The van der Waals surface area contributed by atoms with E-state index >= 15 is 0 Å². The Labute approximate surface area is 93.9 Å². The zero-order valence-corrected chi connectivity index (χ0v) is 10.1. The van der Waals surface area contributed by atoms with Gasteiger partial charge in [-0.05, 0) is 12.8 Å². The number of hydrogen-bond acceptors (Lipinski definition) is 4. The second-order valence-electron chi connectivity index (χ2n) is 3.83. The highest BCUT2D eigenvalue weighted by Crippen LogP contribution is 2.10. The molecule has 1 aromatic rings. The first-order chi connectivity index (χ1) is 7.00. The Bertz CT molecular complexity index is 335. The lowest BCUT2D eigenvalue weighted by Gasteiger charge is -2.14. The van der Waals surface area contributed by atoms with E-state index in [0.717, 1.165) is 9.88 Å². The monoisotopic (exact) mass is 227 g/mol. The summed E-state index contributed by atoms with van der Waals surface area (Å²) in [5, 5.41) is 3.81. The highest BCUT2D eigenvalue weighted by Gasteiger charge is 2.16. The van der Waals surface area contributed by atoms with Crippen LogP contribution in [0.15, 0.2) is 6.20 Å². The van der Waals surface area contributed by atoms with Crippen molar-refractivity contribution in [3.63, 3.8) is 0 Å². The van der Waals surface area contributed by atoms with Crippen LogP contribution in [0.3, 0.4) is 0 Å². The first kappa shape index (κ1) is 12.1. The Hall–Kier alpha value is -0.940. The lowest BCUT2D eigenvalue weighted by Crippen LogP contribution is -2.43. The number of hydrogen-bond donors (Lipinski definition) is 2. The number of nitrogens with two attached hydrogens (primary N) is 1. The van der Waals surface area contributed by atoms with Crippen molar-refractivity contribution >= 4 is 17.2 Å². The predicted molar refractivity (Wildman–Crippen MR) is 61.5 cm³/mol. The molecule has 0 aliphatic heterocycles. The fourth-order valence-corrected chi connectivity index (χ4v) is 1.82. The number of amides is 1. The van der Waals surface area contributed by atoms with E-state index in [-0.39, 0.29) is 11.8 Å². The summed E-state index contributed by atoms with van der Waals surface area (Å²) in [5.41, 5.74) is 5.71. The topological polar surface area (TPSA) is 68.0 Å². The summed E-state index contributed by atoms with van der Waals surface area (Å²) in [6.45, 7) is 6.32. The number of thiazole rings is 1. The molecule has 5 heteroatoms. The van der Waals surface area contributed by atoms with Crippen LogP contribution in [0.5, 0.6) is 0 Å². The zero-order valence-electron chi connectivity index (χ0n) is 9.28. The summed E-state index contributed by atoms with van der Waals surface area (Å²) in [6, 6.07) is -0.431. The molecule has 1 atom stereocenters. The molecule has 84 valence electrons. The second-order valence-corrected chi connectivity index (χ2v) is 5.15. The number of carbonyl (C=O) groups is 1. The third-order valence-corrected chi connectivity index (χ3v) is 3.04. The van der Waals surface area contributed by atoms with Crippen molar-refractivity contribution < 1.29 is 4.79 Å². The van der Waals surface area contributed by atoms with Gasteiger partial charge in [0.1, 0.15) is 0 Å². The molecule has 15 heavy (non-hydrogen) atoms. The standard InChI is InChI=1S/C10H17N3OS/c1-6(2)9(11)10(14)13-5-8-4-12-7(3)15-8/h4,6,9H,5,11H2,1-3H3,(H,13,14)/t9-/m1/s1. The Morgan fingerprint density at radius 1 is 1.67 bits per heavy atom. The van der Waals surface area contributed by atoms with Crippen LogP contribution in [0.1, 0.15) is 23.7 Å². The number of nitrogens with one attached hydrogen (secondary N) is 1. The number of carbonyl (C=O) groups excluding carboxylic acids is 1. The molecule has 3 N–H and O–H groups in total. The van der Waals surface area contributed by atoms with Gasteiger partial charge in [-0.25, -0.2) is 4.98 Å². The van der Waals surface area contributed by atoms with Gasteiger partial charge in [0.05, 0.1) is 17.6 Å². The number of rotatable bonds is 4. The van der Waals surface area contributed by atoms with Gasteiger partial charge in [0.2, 0.25) is 5.91 Å². The summed E-state index contributed by atoms with van der Waals surface area (Å²) in [5.74, 6) is 0.0595. The van der Waals surface area contributed by atoms with Gasteiger partial charge in [-0.15, -0.1) is 11.3 Å². The van der Waals surface area contributed by atoms with Crippen molar-refractivity contribution in [1.29, 1.82) is 0 Å². The molecule has 1 amide bonds. The van der Waals surface area contributed by atoms with E-state index in [4.69, 9.17) is 5.73 Å². The Morgan fingerprint density at radius 3 is 2.80 bits per heavy atom. The van der Waals surface area contributed by atoms with Crippen molar-refractivity contribution in [2.45, 2.75) is 33.4 Å². The highest BCUT2D eigenvalue weighted by molar-refractivity contribution is 7.11. The Kier molecular flexibility index (Phi) is 4.23. The maximum absolute atomic E-state index is 11.5. The van der Waals surface area contributed by atoms with Gasteiger partial charge in [-0.1, -0.05) is 13.8 Å². The average Bonchev–Trinajstić information content (AvgIpc) is 2.59. The van der Waals surface area contributed by atoms with Crippen LogP contribution in [0.25, 0.3) is 0 Å². The second kappa shape index (κ2) is 5.23. The summed E-state index contributed by atoms with van der Waals surface area (Å²) < 4.78 is 0. The minimum Gasteiger partial charge on any atom is -0.350 e. The van der Waals surface area contributed by atoms with Crippen molar-refractivity contribution in [2.75, 3.05) is 0 Å². The maximum Gasteiger partial charge on any atom is 0.237 e. The zero-order chi connectivity index (χ0) is 11.4. The summed E-state index contributed by atoms with van der Waals surface area (Å²) in [4.78, 5) is 16.7. The molecule has 0 fully saturated rings. The summed E-state index contributed by atoms with van der Waals surface area (Å²) in [7, 11) is 0. The number of nitrogens with zero attached hydrogens (tertiary/aromatic N) is 1. The van der Waals surface area contributed by atoms with Crippen LogP contribution in [0.2, 0.25) is 0 Å². The molecule has 0 unspecified atom stereocenters. The van der Waals surface area contributed by atoms with E-state index in [9.17, 15) is 4.79 Å². The van der Waals surface area contributed by atoms with Gasteiger partial charge in [-0.3, -0.25) is 4.79 Å². The van der Waals surface area contributed by atoms with Crippen LogP contribution in [-0.2, 0) is 11.3 Å². The van der Waals surface area contributed by atoms with Crippen LogP contribution >= 0.6 is 11.3 Å². The predicted octanol–water partition coefficient (Wildman–Crippen LogP) is 1.05. The van der Waals surface area contributed by atoms with E-state index in [1.807, 2.05) is 20.8 Å². The van der Waals surface area contributed by atoms with E-state index < -0.39 is 6.04 Å². The third-order valence-electron chi connectivity index (χ3n) is 2.13. The van der Waals surface area contributed by atoms with Crippen LogP contribution in [-0.4, -0.2) is 16.9 Å². The van der Waals surface area contributed by atoms with Gasteiger partial charge >= 0.3 is 0 Å². The fourth-order valence-electron chi connectivity index (χ4n) is 1.08. The van der Waals surface area contributed by atoms with E-state index in [1.165, 1.54) is 0 Å². The lowest BCUT2D eigenvalue weighted by molar-refractivity contribution is -0.123. The molecule has 1 aromatic heterocycles. The van der Waals surface area contributed by atoms with Crippen molar-refractivity contribution in [3.05, 3.63) is 16.1 Å². The minimum atomic E-state index is -0.431. The van der Waals surface area contributed by atoms with Gasteiger partial charge in [0.15, 0.2) is 0 Å². The van der Waals surface area contributed by atoms with E-state index in [0.29, 0.717) is 6.54 Å². The molecular formula is C10H17N3OS. The molecule has 0 saturated heterocycles. The Morgan fingerprint density at radius 2 is 2.33 bits per heavy atom. The van der Waals surface area contributed by atoms with Gasteiger partial charge < -0.3 is 11.1 Å². The smallest absolute Gasteiger partial charge is 0.237 e. The molecule has 0 saturated carbocycles. The molecule has 1 rings (SSSR count). The van der Waals surface area contributed by atoms with Crippen molar-refractivity contribution in [1.82, 2.24) is 10.3 Å². The Balaban J connectivity index is 2.40. The molecule has 0 aliphatic carbocycles. The fraction of sp³-hybridized carbons (Fsp3) is 0.600. The van der Waals surface area contributed by atoms with Crippen LogP contribution in [0.4, 0.5) is 0 Å². The largest absolute Gasteiger partial charge is 0.350 e. The average molecular weight is 227 g/mol. The van der Waals surface area contributed by atoms with Gasteiger partial charge in [0, 0.05) is 11.1 Å². The molecule has 0 aliphatic rings. The van der Waals surface area contributed by atoms with Crippen LogP contribution < -0.4 is 11.1 Å². The number of aromatic nitrogens is 1. The lowest BCUT2D eigenvalue weighted by atomic mass is 10.1. The third kappa shape index (κ3) is 3.60. The van der Waals surface area contributed by atoms with E-state index in [1.54, 1.807) is 17.5 Å².